The molecule has 1 atom stereocenters. The van der Waals surface area contributed by atoms with Gasteiger partial charge in [0.05, 0.1) is 10.3 Å². The van der Waals surface area contributed by atoms with Crippen LogP contribution in [0.2, 0.25) is 10.0 Å². The molecule has 2 fully saturated rings. The quantitative estimate of drug-likeness (QED) is 0.623. The predicted octanol–water partition coefficient (Wildman–Crippen LogP) is 5.97. The Kier molecular flexibility index (Phi) is 5.58. The highest BCUT2D eigenvalue weighted by atomic mass is 35.5. The van der Waals surface area contributed by atoms with Crippen LogP contribution in [0.3, 0.4) is 0 Å². The van der Waals surface area contributed by atoms with E-state index in [-0.39, 0.29) is 5.25 Å². The molecule has 0 bridgehead atoms. The summed E-state index contributed by atoms with van der Waals surface area (Å²) in [4.78, 5) is 12.1. The molecule has 0 aliphatic heterocycles. The van der Waals surface area contributed by atoms with Crippen molar-refractivity contribution in [1.29, 1.82) is 0 Å². The number of carbonyl (C=O) groups excluding carboxylic acids is 1. The van der Waals surface area contributed by atoms with Gasteiger partial charge in [0.15, 0.2) is 11.0 Å². The molecule has 2 aliphatic carbocycles. The normalized spacial score (nSPS) is 21.5. The Morgan fingerprint density at radius 1 is 1.04 bits per heavy atom. The molecular weight excluding hydrogens is 389 g/mol. The van der Waals surface area contributed by atoms with Gasteiger partial charge in [-0.25, -0.2) is 0 Å². The Bertz CT molecular complexity index is 817. The average molecular weight is 410 g/mol. The second-order valence-corrected chi connectivity index (χ2v) is 9.07. The molecule has 26 heavy (non-hydrogen) atoms. The zero-order valence-electron chi connectivity index (χ0n) is 14.5. The van der Waals surface area contributed by atoms with Gasteiger partial charge >= 0.3 is 0 Å². The summed E-state index contributed by atoms with van der Waals surface area (Å²) < 4.78 is 2.23. The number of nitrogens with zero attached hydrogens (tertiary/aromatic N) is 3. The number of rotatable bonds is 4. The van der Waals surface area contributed by atoms with Crippen molar-refractivity contribution in [2.75, 3.05) is 0 Å². The summed E-state index contributed by atoms with van der Waals surface area (Å²) >= 11 is 14.1. The Hall–Kier alpha value is -1.04. The van der Waals surface area contributed by atoms with Crippen molar-refractivity contribution in [2.24, 2.45) is 0 Å². The lowest BCUT2D eigenvalue weighted by atomic mass is 9.95. The first-order chi connectivity index (χ1) is 12.6. The number of ketones is 1. The molecule has 1 aromatic heterocycles. The molecule has 2 aromatic rings. The van der Waals surface area contributed by atoms with Gasteiger partial charge in [0.25, 0.3) is 0 Å². The molecule has 138 valence electrons. The lowest BCUT2D eigenvalue weighted by Crippen LogP contribution is -2.17. The topological polar surface area (TPSA) is 47.8 Å². The monoisotopic (exact) mass is 409 g/mol. The van der Waals surface area contributed by atoms with Crippen molar-refractivity contribution in [1.82, 2.24) is 14.8 Å². The van der Waals surface area contributed by atoms with Crippen molar-refractivity contribution in [3.63, 3.8) is 0 Å². The van der Waals surface area contributed by atoms with E-state index in [1.165, 1.54) is 19.3 Å². The number of aromatic nitrogens is 3. The Labute approximate surface area is 167 Å². The Balaban J connectivity index is 1.74. The maximum absolute atomic E-state index is 12.1. The first-order valence-corrected chi connectivity index (χ1v) is 10.9. The number of benzene rings is 1. The van der Waals surface area contributed by atoms with Crippen molar-refractivity contribution >= 4 is 40.7 Å². The van der Waals surface area contributed by atoms with E-state index in [1.54, 1.807) is 17.8 Å². The third-order valence-electron chi connectivity index (χ3n) is 5.27. The van der Waals surface area contributed by atoms with Crippen molar-refractivity contribution in [2.45, 2.75) is 67.8 Å². The SMILES string of the molecule is O=C1CCC[C@H]1Sc1nnc(-c2ccc(Cl)cc2Cl)n1C1CCCCC1. The number of hydrogen-bond donors (Lipinski definition) is 0. The van der Waals surface area contributed by atoms with Crippen LogP contribution in [0, 0.1) is 0 Å². The largest absolute Gasteiger partial charge is 0.299 e. The molecule has 1 heterocycles. The van der Waals surface area contributed by atoms with Gasteiger partial charge in [-0.2, -0.15) is 0 Å². The molecule has 0 spiro atoms. The van der Waals surface area contributed by atoms with Crippen LogP contribution < -0.4 is 0 Å². The molecule has 0 radical (unpaired) electrons. The van der Waals surface area contributed by atoms with Crippen LogP contribution in [-0.2, 0) is 4.79 Å². The number of hydrogen-bond acceptors (Lipinski definition) is 4. The third-order valence-corrected chi connectivity index (χ3v) is 7.09. The average Bonchev–Trinajstić information content (AvgIpc) is 3.23. The number of thioether (sulfide) groups is 1. The summed E-state index contributed by atoms with van der Waals surface area (Å²) in [5, 5.41) is 11.0. The zero-order chi connectivity index (χ0) is 18.1. The zero-order valence-corrected chi connectivity index (χ0v) is 16.8. The van der Waals surface area contributed by atoms with Crippen molar-refractivity contribution in [3.05, 3.63) is 28.2 Å². The summed E-state index contributed by atoms with van der Waals surface area (Å²) in [6, 6.07) is 5.84. The van der Waals surface area contributed by atoms with E-state index >= 15 is 0 Å². The predicted molar refractivity (Wildman–Crippen MR) is 106 cm³/mol. The molecule has 2 aliphatic rings. The van der Waals surface area contributed by atoms with Gasteiger partial charge < -0.3 is 0 Å². The summed E-state index contributed by atoms with van der Waals surface area (Å²) in [5.74, 6) is 1.12. The van der Waals surface area contributed by atoms with E-state index in [2.05, 4.69) is 14.8 Å². The van der Waals surface area contributed by atoms with Gasteiger partial charge in [-0.3, -0.25) is 9.36 Å². The van der Waals surface area contributed by atoms with Gasteiger partial charge in [0.1, 0.15) is 5.78 Å². The smallest absolute Gasteiger partial charge is 0.192 e. The summed E-state index contributed by atoms with van der Waals surface area (Å²) in [5.41, 5.74) is 0.846. The maximum atomic E-state index is 12.1. The Morgan fingerprint density at radius 3 is 2.54 bits per heavy atom. The van der Waals surface area contributed by atoms with Crippen LogP contribution in [0.25, 0.3) is 11.4 Å². The fraction of sp³-hybridized carbons (Fsp3) is 0.526. The van der Waals surface area contributed by atoms with Crippen LogP contribution in [0.5, 0.6) is 0 Å². The standard InChI is InChI=1S/C19H21Cl2N3OS/c20-12-9-10-14(15(21)11-12)18-22-23-19(26-17-8-4-7-16(17)25)24(18)13-5-2-1-3-6-13/h9-11,13,17H,1-8H2/t17-/m1/s1. The Morgan fingerprint density at radius 2 is 1.85 bits per heavy atom. The van der Waals surface area contributed by atoms with Crippen LogP contribution in [-0.4, -0.2) is 25.8 Å². The third kappa shape index (κ3) is 3.67. The minimum Gasteiger partial charge on any atom is -0.299 e. The molecule has 4 rings (SSSR count). The van der Waals surface area contributed by atoms with Gasteiger partial charge in [-0.1, -0.05) is 54.2 Å². The molecule has 2 saturated carbocycles. The fourth-order valence-electron chi connectivity index (χ4n) is 3.92. The van der Waals surface area contributed by atoms with Gasteiger partial charge in [-0.05, 0) is 43.9 Å². The number of carbonyl (C=O) groups is 1. The van der Waals surface area contributed by atoms with Crippen LogP contribution in [0.15, 0.2) is 23.4 Å². The van der Waals surface area contributed by atoms with E-state index in [0.29, 0.717) is 28.3 Å². The first-order valence-electron chi connectivity index (χ1n) is 9.23. The number of halogens is 2. The van der Waals surface area contributed by atoms with Crippen LogP contribution in [0.1, 0.15) is 57.4 Å². The van der Waals surface area contributed by atoms with E-state index in [0.717, 1.165) is 42.2 Å². The molecule has 1 aromatic carbocycles. The lowest BCUT2D eigenvalue weighted by molar-refractivity contribution is -0.116. The van der Waals surface area contributed by atoms with E-state index in [9.17, 15) is 4.79 Å². The molecule has 0 N–H and O–H groups in total. The van der Waals surface area contributed by atoms with Crippen molar-refractivity contribution in [3.8, 4) is 11.4 Å². The lowest BCUT2D eigenvalue weighted by Gasteiger charge is -2.26. The maximum Gasteiger partial charge on any atom is 0.192 e. The summed E-state index contributed by atoms with van der Waals surface area (Å²) in [6.45, 7) is 0. The summed E-state index contributed by atoms with van der Waals surface area (Å²) in [7, 11) is 0. The minimum absolute atomic E-state index is 0.00933. The van der Waals surface area contributed by atoms with E-state index in [1.807, 2.05) is 12.1 Å². The highest BCUT2D eigenvalue weighted by Gasteiger charge is 2.30. The molecule has 0 unspecified atom stereocenters. The van der Waals surface area contributed by atoms with Gasteiger partial charge in [-0.15, -0.1) is 10.2 Å². The van der Waals surface area contributed by atoms with Crippen LogP contribution >= 0.6 is 35.0 Å². The molecule has 7 heteroatoms. The van der Waals surface area contributed by atoms with Gasteiger partial charge in [0, 0.05) is 23.0 Å². The fourth-order valence-corrected chi connectivity index (χ4v) is 5.63. The molecular formula is C19H21Cl2N3OS. The minimum atomic E-state index is 0.00933. The highest BCUT2D eigenvalue weighted by Crippen LogP contribution is 2.40. The molecule has 4 nitrogen and oxygen atoms in total. The van der Waals surface area contributed by atoms with Crippen molar-refractivity contribution < 1.29 is 4.79 Å². The second kappa shape index (κ2) is 7.91. The van der Waals surface area contributed by atoms with E-state index < -0.39 is 0 Å². The van der Waals surface area contributed by atoms with Crippen LogP contribution in [0.4, 0.5) is 0 Å². The summed E-state index contributed by atoms with van der Waals surface area (Å²) in [6.07, 6.45) is 8.52. The van der Waals surface area contributed by atoms with Gasteiger partial charge in [0.2, 0.25) is 0 Å². The highest BCUT2D eigenvalue weighted by molar-refractivity contribution is 8.00. The number of Topliss-reactive ketones (excluding diaryl/α,β-unsaturated/α-hetero) is 1. The second-order valence-electron chi connectivity index (χ2n) is 7.06. The van der Waals surface area contributed by atoms with E-state index in [4.69, 9.17) is 23.2 Å². The molecule has 0 saturated heterocycles. The first kappa shape index (κ1) is 18.3. The molecule has 0 amide bonds.